The Hall–Kier alpha value is -2.24. The van der Waals surface area contributed by atoms with Gasteiger partial charge in [-0.15, -0.1) is 0 Å². The summed E-state index contributed by atoms with van der Waals surface area (Å²) in [5, 5.41) is 10.8. The highest BCUT2D eigenvalue weighted by Gasteiger charge is 2.27. The number of halogens is 1. The molecule has 0 unspecified atom stereocenters. The average Bonchev–Trinajstić information content (AvgIpc) is 2.62. The average molecular weight is 360 g/mol. The monoisotopic (exact) mass is 359 g/mol. The molecule has 0 saturated carbocycles. The summed E-state index contributed by atoms with van der Waals surface area (Å²) in [5.74, 6) is 1.14. The van der Waals surface area contributed by atoms with E-state index in [1.54, 1.807) is 17.0 Å². The van der Waals surface area contributed by atoms with Gasteiger partial charge in [0.15, 0.2) is 11.5 Å². The molecule has 0 aliphatic carbocycles. The smallest absolute Gasteiger partial charge is 0.227 e. The molecule has 0 bridgehead atoms. The first-order valence-electron chi connectivity index (χ1n) is 8.23. The zero-order valence-electron chi connectivity index (χ0n) is 13.6. The van der Waals surface area contributed by atoms with Gasteiger partial charge in [-0.2, -0.15) is 0 Å². The fourth-order valence-corrected chi connectivity index (χ4v) is 3.51. The molecule has 6 heteroatoms. The lowest BCUT2D eigenvalue weighted by molar-refractivity contribution is -0.133. The first kappa shape index (κ1) is 16.2. The number of hydrogen-bond donors (Lipinski definition) is 1. The number of hydrogen-bond acceptors (Lipinski definition) is 4. The maximum atomic E-state index is 12.7. The summed E-state index contributed by atoms with van der Waals surface area (Å²) >= 11 is 6.30. The van der Waals surface area contributed by atoms with E-state index >= 15 is 0 Å². The van der Waals surface area contributed by atoms with E-state index in [-0.39, 0.29) is 18.9 Å². The first-order chi connectivity index (χ1) is 12.1. The van der Waals surface area contributed by atoms with Crippen molar-refractivity contribution in [1.29, 1.82) is 0 Å². The van der Waals surface area contributed by atoms with Gasteiger partial charge in [0.1, 0.15) is 13.2 Å². The number of aliphatic hydroxyl groups is 1. The Morgan fingerprint density at radius 2 is 1.92 bits per heavy atom. The van der Waals surface area contributed by atoms with E-state index in [1.165, 1.54) is 0 Å². The Balaban J connectivity index is 1.53. The van der Waals surface area contributed by atoms with Gasteiger partial charge in [-0.05, 0) is 22.8 Å². The summed E-state index contributed by atoms with van der Waals surface area (Å²) in [6, 6.07) is 11.1. The van der Waals surface area contributed by atoms with E-state index in [9.17, 15) is 9.90 Å². The molecule has 1 amide bonds. The zero-order chi connectivity index (χ0) is 17.4. The van der Waals surface area contributed by atoms with Crippen LogP contribution in [0.1, 0.15) is 22.8 Å². The predicted octanol–water partition coefficient (Wildman–Crippen LogP) is 2.73. The minimum atomic E-state index is -0.662. The number of ether oxygens (including phenoxy) is 2. The van der Waals surface area contributed by atoms with Gasteiger partial charge in [0.2, 0.25) is 5.91 Å². The van der Waals surface area contributed by atoms with Gasteiger partial charge in [0.05, 0.1) is 19.1 Å². The largest absolute Gasteiger partial charge is 0.486 e. The predicted molar refractivity (Wildman–Crippen MR) is 93.0 cm³/mol. The number of aliphatic hydroxyl groups excluding tert-OH is 1. The second-order valence-electron chi connectivity index (χ2n) is 6.25. The highest BCUT2D eigenvalue weighted by Crippen LogP contribution is 2.36. The molecule has 0 radical (unpaired) electrons. The molecule has 2 aliphatic rings. The summed E-state index contributed by atoms with van der Waals surface area (Å²) in [4.78, 5) is 14.4. The van der Waals surface area contributed by atoms with Crippen LogP contribution in [0, 0.1) is 0 Å². The van der Waals surface area contributed by atoms with Crippen LogP contribution in [0.2, 0.25) is 5.02 Å². The molecule has 25 heavy (non-hydrogen) atoms. The fraction of sp³-hybridized carbons (Fsp3) is 0.316. The van der Waals surface area contributed by atoms with Crippen LogP contribution in [0.5, 0.6) is 11.5 Å². The van der Waals surface area contributed by atoms with Crippen LogP contribution in [0.4, 0.5) is 0 Å². The van der Waals surface area contributed by atoms with Gasteiger partial charge in [0, 0.05) is 17.6 Å². The summed E-state index contributed by atoms with van der Waals surface area (Å²) in [6.45, 7) is 1.76. The Bertz CT molecular complexity index is 823. The third-order valence-corrected chi connectivity index (χ3v) is 4.93. The van der Waals surface area contributed by atoms with Crippen molar-refractivity contribution in [3.63, 3.8) is 0 Å². The van der Waals surface area contributed by atoms with Gasteiger partial charge in [-0.3, -0.25) is 4.79 Å². The van der Waals surface area contributed by atoms with Crippen LogP contribution in [0.3, 0.4) is 0 Å². The molecular formula is C19H18ClNO4. The second-order valence-corrected chi connectivity index (χ2v) is 6.66. The quantitative estimate of drug-likeness (QED) is 0.895. The second kappa shape index (κ2) is 6.58. The van der Waals surface area contributed by atoms with Crippen molar-refractivity contribution in [2.45, 2.75) is 19.1 Å². The van der Waals surface area contributed by atoms with Crippen molar-refractivity contribution in [3.05, 3.63) is 58.1 Å². The standard InChI is InChI=1S/C19H18ClNO4/c20-15-9-18-17(24-5-6-25-18)7-13(15)8-19(23)21-10-12-3-1-2-4-14(12)16(22)11-21/h1-4,7,9,16,22H,5-6,8,10-11H2/t16-/m0/s1. The van der Waals surface area contributed by atoms with Crippen LogP contribution in [-0.2, 0) is 17.8 Å². The Morgan fingerprint density at radius 1 is 1.20 bits per heavy atom. The maximum absolute atomic E-state index is 12.7. The number of amides is 1. The van der Waals surface area contributed by atoms with E-state index in [4.69, 9.17) is 21.1 Å². The number of benzene rings is 2. The highest BCUT2D eigenvalue weighted by molar-refractivity contribution is 6.31. The third kappa shape index (κ3) is 3.17. The summed E-state index contributed by atoms with van der Waals surface area (Å²) in [5.41, 5.74) is 2.57. The summed E-state index contributed by atoms with van der Waals surface area (Å²) in [6.07, 6.45) is -0.505. The summed E-state index contributed by atoms with van der Waals surface area (Å²) in [7, 11) is 0. The Morgan fingerprint density at radius 3 is 2.72 bits per heavy atom. The molecule has 0 saturated heterocycles. The minimum absolute atomic E-state index is 0.0767. The van der Waals surface area contributed by atoms with Crippen LogP contribution in [0.15, 0.2) is 36.4 Å². The van der Waals surface area contributed by atoms with E-state index < -0.39 is 6.10 Å². The minimum Gasteiger partial charge on any atom is -0.486 e. The van der Waals surface area contributed by atoms with E-state index in [2.05, 4.69) is 0 Å². The lowest BCUT2D eigenvalue weighted by Gasteiger charge is -2.32. The number of nitrogens with zero attached hydrogens (tertiary/aromatic N) is 1. The maximum Gasteiger partial charge on any atom is 0.227 e. The van der Waals surface area contributed by atoms with Crippen molar-refractivity contribution in [3.8, 4) is 11.5 Å². The van der Waals surface area contributed by atoms with Gasteiger partial charge < -0.3 is 19.5 Å². The van der Waals surface area contributed by atoms with Crippen LogP contribution in [-0.4, -0.2) is 35.7 Å². The normalized spacial score (nSPS) is 18.6. The molecule has 1 atom stereocenters. The molecule has 2 aromatic rings. The number of carbonyl (C=O) groups is 1. The van der Waals surface area contributed by atoms with Crippen LogP contribution < -0.4 is 9.47 Å². The first-order valence-corrected chi connectivity index (χ1v) is 8.61. The molecule has 2 aromatic carbocycles. The van der Waals surface area contributed by atoms with Crippen molar-refractivity contribution < 1.29 is 19.4 Å². The molecule has 1 N–H and O–H groups in total. The highest BCUT2D eigenvalue weighted by atomic mass is 35.5. The summed E-state index contributed by atoms with van der Waals surface area (Å²) < 4.78 is 11.1. The lowest BCUT2D eigenvalue weighted by Crippen LogP contribution is -2.39. The fourth-order valence-electron chi connectivity index (χ4n) is 3.29. The number of β-amino-alcohol motifs (C(OH)–C–C–N with tert-alkyl or cyclic N) is 1. The van der Waals surface area contributed by atoms with Gasteiger partial charge in [0.25, 0.3) is 0 Å². The van der Waals surface area contributed by atoms with Crippen molar-refractivity contribution in [2.75, 3.05) is 19.8 Å². The SMILES string of the molecule is O=C(Cc1cc2c(cc1Cl)OCCO2)N1Cc2ccccc2[C@@H](O)C1. The van der Waals surface area contributed by atoms with E-state index in [0.717, 1.165) is 11.1 Å². The van der Waals surface area contributed by atoms with Gasteiger partial charge >= 0.3 is 0 Å². The lowest BCUT2D eigenvalue weighted by atomic mass is 9.97. The van der Waals surface area contributed by atoms with Crippen molar-refractivity contribution >= 4 is 17.5 Å². The number of fused-ring (bicyclic) bond motifs is 2. The molecule has 2 aliphatic heterocycles. The van der Waals surface area contributed by atoms with Crippen LogP contribution in [0.25, 0.3) is 0 Å². The van der Waals surface area contributed by atoms with Gasteiger partial charge in [-0.1, -0.05) is 35.9 Å². The Kier molecular flexibility index (Phi) is 4.27. The van der Waals surface area contributed by atoms with Crippen molar-refractivity contribution in [1.82, 2.24) is 4.90 Å². The van der Waals surface area contributed by atoms with Gasteiger partial charge in [-0.25, -0.2) is 0 Å². The molecule has 2 heterocycles. The van der Waals surface area contributed by atoms with E-state index in [0.29, 0.717) is 41.8 Å². The number of carbonyl (C=O) groups excluding carboxylic acids is 1. The Labute approximate surface area is 150 Å². The molecule has 130 valence electrons. The van der Waals surface area contributed by atoms with Crippen LogP contribution >= 0.6 is 11.6 Å². The molecule has 0 fully saturated rings. The molecule has 0 aromatic heterocycles. The zero-order valence-corrected chi connectivity index (χ0v) is 14.3. The third-order valence-electron chi connectivity index (χ3n) is 4.57. The molecular weight excluding hydrogens is 342 g/mol. The molecule has 5 nitrogen and oxygen atoms in total. The number of rotatable bonds is 2. The molecule has 4 rings (SSSR count). The van der Waals surface area contributed by atoms with Crippen molar-refractivity contribution in [2.24, 2.45) is 0 Å². The van der Waals surface area contributed by atoms with E-state index in [1.807, 2.05) is 24.3 Å². The topological polar surface area (TPSA) is 59.0 Å². The molecule has 0 spiro atoms.